The molecule has 8 heteroatoms. The largest absolute Gasteiger partial charge is 0.493 e. The number of carbonyl (C=O) groups is 1. The van der Waals surface area contributed by atoms with Gasteiger partial charge in [-0.3, -0.25) is 10.1 Å². The summed E-state index contributed by atoms with van der Waals surface area (Å²) in [4.78, 5) is 22.2. The van der Waals surface area contributed by atoms with Crippen LogP contribution in [0.25, 0.3) is 0 Å². The Bertz CT molecular complexity index is 750. The Morgan fingerprint density at radius 1 is 1.23 bits per heavy atom. The molecule has 0 fully saturated rings. The predicted molar refractivity (Wildman–Crippen MR) is 78.7 cm³/mol. The van der Waals surface area contributed by atoms with Crippen molar-refractivity contribution in [1.82, 2.24) is 0 Å². The van der Waals surface area contributed by atoms with Gasteiger partial charge in [0.05, 0.1) is 23.7 Å². The SMILES string of the molecule is COc1ccc([N+](=O)[O-])cc1OC(=O)c1cc(F)ccc1Br. The first-order valence-electron chi connectivity index (χ1n) is 5.92. The lowest BCUT2D eigenvalue weighted by molar-refractivity contribution is -0.384. The van der Waals surface area contributed by atoms with Crippen molar-refractivity contribution < 1.29 is 23.6 Å². The van der Waals surface area contributed by atoms with Crippen LogP contribution in [0.15, 0.2) is 40.9 Å². The lowest BCUT2D eigenvalue weighted by atomic mass is 10.2. The van der Waals surface area contributed by atoms with E-state index >= 15 is 0 Å². The number of nitrogens with zero attached hydrogens (tertiary/aromatic N) is 1. The van der Waals surface area contributed by atoms with E-state index < -0.39 is 16.7 Å². The fourth-order valence-electron chi connectivity index (χ4n) is 1.67. The molecule has 0 heterocycles. The average Bonchev–Trinajstić information content (AvgIpc) is 2.49. The van der Waals surface area contributed by atoms with Gasteiger partial charge in [-0.15, -0.1) is 0 Å². The minimum absolute atomic E-state index is 0.0476. The van der Waals surface area contributed by atoms with Gasteiger partial charge in [0.25, 0.3) is 5.69 Å². The molecule has 0 aromatic heterocycles. The van der Waals surface area contributed by atoms with E-state index in [1.165, 1.54) is 31.4 Å². The maximum atomic E-state index is 13.2. The Labute approximate surface area is 132 Å². The highest BCUT2D eigenvalue weighted by Gasteiger charge is 2.19. The second kappa shape index (κ2) is 6.52. The third kappa shape index (κ3) is 3.40. The van der Waals surface area contributed by atoms with E-state index in [2.05, 4.69) is 15.9 Å². The monoisotopic (exact) mass is 369 g/mol. The summed E-state index contributed by atoms with van der Waals surface area (Å²) in [5.41, 5.74) is -0.310. The quantitative estimate of drug-likeness (QED) is 0.355. The van der Waals surface area contributed by atoms with Crippen LogP contribution in [0.4, 0.5) is 10.1 Å². The normalized spacial score (nSPS) is 10.1. The number of carbonyl (C=O) groups excluding carboxylic acids is 1. The van der Waals surface area contributed by atoms with Crippen LogP contribution < -0.4 is 9.47 Å². The molecule has 0 atom stereocenters. The van der Waals surface area contributed by atoms with Crippen molar-refractivity contribution in [3.63, 3.8) is 0 Å². The number of nitro groups is 1. The zero-order chi connectivity index (χ0) is 16.3. The van der Waals surface area contributed by atoms with Gasteiger partial charge in [0.2, 0.25) is 0 Å². The van der Waals surface area contributed by atoms with Gasteiger partial charge in [-0.25, -0.2) is 9.18 Å². The van der Waals surface area contributed by atoms with Crippen molar-refractivity contribution in [1.29, 1.82) is 0 Å². The van der Waals surface area contributed by atoms with Crippen molar-refractivity contribution in [3.8, 4) is 11.5 Å². The highest BCUT2D eigenvalue weighted by atomic mass is 79.9. The molecule has 0 amide bonds. The van der Waals surface area contributed by atoms with Crippen LogP contribution in [0.5, 0.6) is 11.5 Å². The van der Waals surface area contributed by atoms with Gasteiger partial charge >= 0.3 is 5.97 Å². The molecule has 2 aromatic carbocycles. The zero-order valence-corrected chi connectivity index (χ0v) is 12.8. The molecular formula is C14H9BrFNO5. The fraction of sp³-hybridized carbons (Fsp3) is 0.0714. The smallest absolute Gasteiger partial charge is 0.344 e. The van der Waals surface area contributed by atoms with Crippen LogP contribution in [0, 0.1) is 15.9 Å². The maximum Gasteiger partial charge on any atom is 0.344 e. The van der Waals surface area contributed by atoms with Crippen LogP contribution in [0.2, 0.25) is 0 Å². The van der Waals surface area contributed by atoms with E-state index in [1.807, 2.05) is 0 Å². The molecule has 2 rings (SSSR count). The van der Waals surface area contributed by atoms with E-state index in [9.17, 15) is 19.3 Å². The number of ether oxygens (including phenoxy) is 2. The Kier molecular flexibility index (Phi) is 4.71. The number of hydrogen-bond acceptors (Lipinski definition) is 5. The third-order valence-corrected chi connectivity index (χ3v) is 3.40. The van der Waals surface area contributed by atoms with Crippen LogP contribution in [-0.2, 0) is 0 Å². The summed E-state index contributed by atoms with van der Waals surface area (Å²) in [6.07, 6.45) is 0. The molecule has 0 saturated carbocycles. The van der Waals surface area contributed by atoms with Crippen LogP contribution >= 0.6 is 15.9 Å². The van der Waals surface area contributed by atoms with Crippen molar-refractivity contribution in [2.24, 2.45) is 0 Å². The molecule has 0 aliphatic carbocycles. The summed E-state index contributed by atoms with van der Waals surface area (Å²) in [7, 11) is 1.33. The summed E-state index contributed by atoms with van der Waals surface area (Å²) in [6.45, 7) is 0. The molecule has 0 N–H and O–H groups in total. The Morgan fingerprint density at radius 2 is 1.95 bits per heavy atom. The van der Waals surface area contributed by atoms with E-state index in [4.69, 9.17) is 9.47 Å². The molecule has 0 aliphatic heterocycles. The number of benzene rings is 2. The van der Waals surface area contributed by atoms with Crippen LogP contribution in [0.3, 0.4) is 0 Å². The Balaban J connectivity index is 2.36. The minimum Gasteiger partial charge on any atom is -0.493 e. The van der Waals surface area contributed by atoms with Gasteiger partial charge in [-0.05, 0) is 40.2 Å². The van der Waals surface area contributed by atoms with Crippen molar-refractivity contribution in [3.05, 3.63) is 62.4 Å². The zero-order valence-electron chi connectivity index (χ0n) is 11.2. The molecule has 0 unspecified atom stereocenters. The number of rotatable bonds is 4. The van der Waals surface area contributed by atoms with E-state index in [-0.39, 0.29) is 22.7 Å². The standard InChI is InChI=1S/C14H9BrFNO5/c1-21-12-5-3-9(17(19)20)7-13(12)22-14(18)10-6-8(16)2-4-11(10)15/h2-7H,1H3. The molecule has 0 bridgehead atoms. The molecule has 0 aliphatic rings. The summed E-state index contributed by atoms with van der Waals surface area (Å²) in [6, 6.07) is 7.11. The third-order valence-electron chi connectivity index (χ3n) is 2.71. The van der Waals surface area contributed by atoms with E-state index in [1.54, 1.807) is 0 Å². The second-order valence-corrected chi connectivity index (χ2v) is 4.96. The number of halogens is 2. The number of non-ortho nitro benzene ring substituents is 1. The molecule has 0 saturated heterocycles. The summed E-state index contributed by atoms with van der Waals surface area (Å²) in [5.74, 6) is -1.46. The van der Waals surface area contributed by atoms with Crippen LogP contribution in [-0.4, -0.2) is 18.0 Å². The van der Waals surface area contributed by atoms with Gasteiger partial charge in [0, 0.05) is 10.5 Å². The first-order chi connectivity index (χ1) is 10.4. The van der Waals surface area contributed by atoms with Crippen molar-refractivity contribution >= 4 is 27.6 Å². The molecule has 6 nitrogen and oxygen atoms in total. The molecule has 2 aromatic rings. The molecule has 0 radical (unpaired) electrons. The summed E-state index contributed by atoms with van der Waals surface area (Å²) < 4.78 is 23.6. The van der Waals surface area contributed by atoms with Crippen molar-refractivity contribution in [2.45, 2.75) is 0 Å². The average molecular weight is 370 g/mol. The summed E-state index contributed by atoms with van der Waals surface area (Å²) in [5, 5.41) is 10.8. The number of nitro benzene ring substituents is 1. The van der Waals surface area contributed by atoms with E-state index in [0.29, 0.717) is 4.47 Å². The fourth-order valence-corrected chi connectivity index (χ4v) is 2.08. The number of methoxy groups -OCH3 is 1. The summed E-state index contributed by atoms with van der Waals surface area (Å²) >= 11 is 3.11. The van der Waals surface area contributed by atoms with Gasteiger partial charge in [0.1, 0.15) is 5.82 Å². The first-order valence-corrected chi connectivity index (χ1v) is 6.71. The lowest BCUT2D eigenvalue weighted by Gasteiger charge is -2.09. The second-order valence-electron chi connectivity index (χ2n) is 4.11. The van der Waals surface area contributed by atoms with Crippen molar-refractivity contribution in [2.75, 3.05) is 7.11 Å². The lowest BCUT2D eigenvalue weighted by Crippen LogP contribution is -2.10. The first kappa shape index (κ1) is 15.9. The number of esters is 1. The molecule has 0 spiro atoms. The van der Waals surface area contributed by atoms with Crippen LogP contribution in [0.1, 0.15) is 10.4 Å². The molecule has 22 heavy (non-hydrogen) atoms. The highest BCUT2D eigenvalue weighted by molar-refractivity contribution is 9.10. The predicted octanol–water partition coefficient (Wildman–Crippen LogP) is 3.72. The maximum absolute atomic E-state index is 13.2. The Hall–Kier alpha value is -2.48. The highest BCUT2D eigenvalue weighted by Crippen LogP contribution is 2.32. The topological polar surface area (TPSA) is 78.7 Å². The Morgan fingerprint density at radius 3 is 2.59 bits per heavy atom. The van der Waals surface area contributed by atoms with Gasteiger partial charge < -0.3 is 9.47 Å². The molecule has 114 valence electrons. The number of hydrogen-bond donors (Lipinski definition) is 0. The minimum atomic E-state index is -0.870. The van der Waals surface area contributed by atoms with Gasteiger partial charge in [-0.1, -0.05) is 0 Å². The van der Waals surface area contributed by atoms with Gasteiger partial charge in [0.15, 0.2) is 11.5 Å². The van der Waals surface area contributed by atoms with E-state index in [0.717, 1.165) is 12.1 Å². The van der Waals surface area contributed by atoms with Gasteiger partial charge in [-0.2, -0.15) is 0 Å². The molecular weight excluding hydrogens is 361 g/mol.